The fourth-order valence-electron chi connectivity index (χ4n) is 4.38. The second kappa shape index (κ2) is 9.75. The molecule has 1 aromatic carbocycles. The van der Waals surface area contributed by atoms with E-state index in [0.717, 1.165) is 48.3 Å². The predicted octanol–water partition coefficient (Wildman–Crippen LogP) is 3.14. The Hall–Kier alpha value is -2.92. The lowest BCUT2D eigenvalue weighted by Gasteiger charge is -2.34. The number of anilines is 1. The highest BCUT2D eigenvalue weighted by Gasteiger charge is 2.31. The maximum Gasteiger partial charge on any atom is 0.416 e. The third kappa shape index (κ3) is 5.25. The summed E-state index contributed by atoms with van der Waals surface area (Å²) in [5, 5.41) is 3.34. The van der Waals surface area contributed by atoms with Crippen molar-refractivity contribution in [3.05, 3.63) is 51.4 Å². The van der Waals surface area contributed by atoms with Crippen LogP contribution < -0.4 is 11.1 Å². The summed E-state index contributed by atoms with van der Waals surface area (Å²) in [6.45, 7) is 1.70. The molecule has 3 N–H and O–H groups in total. The number of carbonyl (C=O) groups is 3. The number of alkyl halides is 3. The fraction of sp³-hybridized carbons (Fsp3) is 0.435. The molecule has 1 aromatic heterocycles. The lowest BCUT2D eigenvalue weighted by molar-refractivity contribution is -0.137. The first-order valence-electron chi connectivity index (χ1n) is 11.1. The van der Waals surface area contributed by atoms with Crippen molar-refractivity contribution in [2.45, 2.75) is 31.9 Å². The van der Waals surface area contributed by atoms with Gasteiger partial charge in [0.25, 0.3) is 11.8 Å². The summed E-state index contributed by atoms with van der Waals surface area (Å²) in [5.41, 5.74) is 6.34. The molecule has 2 aliphatic rings. The van der Waals surface area contributed by atoms with Crippen LogP contribution in [0.15, 0.2) is 24.3 Å². The molecule has 0 saturated carbocycles. The first-order valence-corrected chi connectivity index (χ1v) is 11.9. The van der Waals surface area contributed by atoms with E-state index in [9.17, 15) is 27.6 Å². The zero-order valence-electron chi connectivity index (χ0n) is 18.4. The molecule has 7 nitrogen and oxygen atoms in total. The number of halogens is 3. The van der Waals surface area contributed by atoms with Crippen molar-refractivity contribution < 1.29 is 27.6 Å². The van der Waals surface area contributed by atoms with Gasteiger partial charge in [-0.3, -0.25) is 19.3 Å². The number of rotatable bonds is 5. The maximum atomic E-state index is 12.7. The van der Waals surface area contributed by atoms with Gasteiger partial charge in [0, 0.05) is 36.6 Å². The summed E-state index contributed by atoms with van der Waals surface area (Å²) in [4.78, 5) is 41.8. The van der Waals surface area contributed by atoms with Crippen molar-refractivity contribution in [3.63, 3.8) is 0 Å². The minimum atomic E-state index is -4.45. The summed E-state index contributed by atoms with van der Waals surface area (Å²) in [6.07, 6.45) is -0.740. The molecule has 34 heavy (non-hydrogen) atoms. The highest BCUT2D eigenvalue weighted by Crippen LogP contribution is 2.38. The number of amides is 3. The smallest absolute Gasteiger partial charge is 0.365 e. The second-order valence-corrected chi connectivity index (χ2v) is 9.58. The molecule has 1 aliphatic heterocycles. The van der Waals surface area contributed by atoms with E-state index in [4.69, 9.17) is 5.73 Å². The van der Waals surface area contributed by atoms with Crippen LogP contribution in [0.25, 0.3) is 0 Å². The van der Waals surface area contributed by atoms with Crippen LogP contribution in [0, 0.1) is 0 Å². The molecular formula is C23H25F3N4O3S. The van der Waals surface area contributed by atoms with Crippen molar-refractivity contribution in [1.29, 1.82) is 0 Å². The molecule has 0 unspecified atom stereocenters. The standard InChI is InChI=1S/C23H25F3N4O3S/c24-23(25,26)15-7-5-14(6-8-15)22(33)30-11-9-29(10-12-30)13-18(31)28-21-19(20(27)32)16-3-1-2-4-17(16)34-21/h5-8H,1-4,9-13H2,(H2,27,32)(H,28,31). The number of aryl methyl sites for hydroxylation is 1. The number of benzene rings is 1. The number of carbonyl (C=O) groups excluding carboxylic acids is 3. The fourth-order valence-corrected chi connectivity index (χ4v) is 5.69. The number of thiophene rings is 1. The number of nitrogens with one attached hydrogen (secondary N) is 1. The van der Waals surface area contributed by atoms with Gasteiger partial charge >= 0.3 is 6.18 Å². The molecule has 2 heterocycles. The van der Waals surface area contributed by atoms with Gasteiger partial charge in [-0.15, -0.1) is 11.3 Å². The van der Waals surface area contributed by atoms with Crippen LogP contribution in [0.3, 0.4) is 0 Å². The summed E-state index contributed by atoms with van der Waals surface area (Å²) in [5.74, 6) is -1.14. The third-order valence-electron chi connectivity index (χ3n) is 6.16. The molecule has 0 atom stereocenters. The normalized spacial score (nSPS) is 16.7. The average molecular weight is 495 g/mol. The molecular weight excluding hydrogens is 469 g/mol. The molecule has 182 valence electrons. The van der Waals surface area contributed by atoms with Crippen molar-refractivity contribution >= 4 is 34.1 Å². The Balaban J connectivity index is 1.31. The number of nitrogens with zero attached hydrogens (tertiary/aromatic N) is 2. The average Bonchev–Trinajstić information content (AvgIpc) is 3.16. The van der Waals surface area contributed by atoms with E-state index in [-0.39, 0.29) is 23.9 Å². The Morgan fingerprint density at radius 1 is 1.00 bits per heavy atom. The van der Waals surface area contributed by atoms with Crippen molar-refractivity contribution in [1.82, 2.24) is 9.80 Å². The van der Waals surface area contributed by atoms with Gasteiger partial charge in [-0.2, -0.15) is 13.2 Å². The number of hydrogen-bond donors (Lipinski definition) is 2. The van der Waals surface area contributed by atoms with Gasteiger partial charge in [-0.05, 0) is 55.5 Å². The molecule has 0 radical (unpaired) electrons. The van der Waals surface area contributed by atoms with E-state index in [0.29, 0.717) is 36.7 Å². The number of nitrogens with two attached hydrogens (primary N) is 1. The van der Waals surface area contributed by atoms with Crippen molar-refractivity contribution in [2.75, 3.05) is 38.0 Å². The molecule has 1 saturated heterocycles. The van der Waals surface area contributed by atoms with E-state index in [1.165, 1.54) is 23.5 Å². The van der Waals surface area contributed by atoms with Gasteiger partial charge < -0.3 is 16.0 Å². The lowest BCUT2D eigenvalue weighted by atomic mass is 9.95. The van der Waals surface area contributed by atoms with Gasteiger partial charge in [0.05, 0.1) is 17.7 Å². The van der Waals surface area contributed by atoms with E-state index < -0.39 is 17.6 Å². The Bertz CT molecular complexity index is 1090. The summed E-state index contributed by atoms with van der Waals surface area (Å²) >= 11 is 1.41. The van der Waals surface area contributed by atoms with E-state index >= 15 is 0 Å². The highest BCUT2D eigenvalue weighted by molar-refractivity contribution is 7.17. The van der Waals surface area contributed by atoms with Gasteiger partial charge in [0.2, 0.25) is 5.91 Å². The Labute approximate surface area is 198 Å². The van der Waals surface area contributed by atoms with Gasteiger partial charge in [0.1, 0.15) is 5.00 Å². The van der Waals surface area contributed by atoms with Gasteiger partial charge in [-0.25, -0.2) is 0 Å². The Morgan fingerprint density at radius 2 is 1.65 bits per heavy atom. The molecule has 1 fully saturated rings. The van der Waals surface area contributed by atoms with E-state index in [1.54, 1.807) is 4.90 Å². The quantitative estimate of drug-likeness (QED) is 0.668. The largest absolute Gasteiger partial charge is 0.416 e. The van der Waals surface area contributed by atoms with Crippen LogP contribution in [-0.2, 0) is 23.8 Å². The maximum absolute atomic E-state index is 12.7. The molecule has 1 aliphatic carbocycles. The zero-order valence-corrected chi connectivity index (χ0v) is 19.2. The molecule has 0 bridgehead atoms. The number of piperazine rings is 1. The van der Waals surface area contributed by atoms with Gasteiger partial charge in [-0.1, -0.05) is 0 Å². The van der Waals surface area contributed by atoms with Crippen LogP contribution in [0.5, 0.6) is 0 Å². The predicted molar refractivity (Wildman–Crippen MR) is 122 cm³/mol. The van der Waals surface area contributed by atoms with Crippen LogP contribution in [0.4, 0.5) is 18.2 Å². The molecule has 0 spiro atoms. The zero-order chi connectivity index (χ0) is 24.5. The highest BCUT2D eigenvalue weighted by atomic mass is 32.1. The molecule has 4 rings (SSSR count). The molecule has 3 amide bonds. The van der Waals surface area contributed by atoms with Crippen LogP contribution in [-0.4, -0.2) is 60.2 Å². The van der Waals surface area contributed by atoms with E-state index in [2.05, 4.69) is 5.32 Å². The minimum Gasteiger partial charge on any atom is -0.365 e. The van der Waals surface area contributed by atoms with Crippen molar-refractivity contribution in [3.8, 4) is 0 Å². The first kappa shape index (κ1) is 24.2. The third-order valence-corrected chi connectivity index (χ3v) is 7.36. The molecule has 11 heteroatoms. The monoisotopic (exact) mass is 494 g/mol. The second-order valence-electron chi connectivity index (χ2n) is 8.47. The van der Waals surface area contributed by atoms with Crippen LogP contribution in [0.1, 0.15) is 49.6 Å². The number of primary amides is 1. The Morgan fingerprint density at radius 3 is 2.26 bits per heavy atom. The SMILES string of the molecule is NC(=O)c1c(NC(=O)CN2CCN(C(=O)c3ccc(C(F)(F)F)cc3)CC2)sc2c1CCCC2. The van der Waals surface area contributed by atoms with Gasteiger partial charge in [0.15, 0.2) is 0 Å². The van der Waals surface area contributed by atoms with Crippen LogP contribution >= 0.6 is 11.3 Å². The Kier molecular flexibility index (Phi) is 6.94. The topological polar surface area (TPSA) is 95.7 Å². The number of hydrogen-bond acceptors (Lipinski definition) is 5. The number of fused-ring (bicyclic) bond motifs is 1. The van der Waals surface area contributed by atoms with Crippen LogP contribution in [0.2, 0.25) is 0 Å². The summed E-state index contributed by atoms with van der Waals surface area (Å²) in [6, 6.07) is 4.16. The van der Waals surface area contributed by atoms with E-state index in [1.807, 2.05) is 4.90 Å². The summed E-state index contributed by atoms with van der Waals surface area (Å²) in [7, 11) is 0. The van der Waals surface area contributed by atoms with Crippen molar-refractivity contribution in [2.24, 2.45) is 5.73 Å². The molecule has 2 aromatic rings. The minimum absolute atomic E-state index is 0.100. The lowest BCUT2D eigenvalue weighted by Crippen LogP contribution is -2.50. The summed E-state index contributed by atoms with van der Waals surface area (Å²) < 4.78 is 38.2. The first-order chi connectivity index (χ1) is 16.1.